The van der Waals surface area contributed by atoms with Crippen LogP contribution in [-0.4, -0.2) is 58.2 Å². The summed E-state index contributed by atoms with van der Waals surface area (Å²) in [6.07, 6.45) is -5.77. The van der Waals surface area contributed by atoms with Gasteiger partial charge in [-0.05, 0) is 44.2 Å². The lowest BCUT2D eigenvalue weighted by molar-refractivity contribution is -0.142. The SMILES string of the molecule is COCC1(F)CCN(C(=O)c2ccc(OC(C)c3cc4c(=O)[nH]c(C)nc4nc3C(F)(F)F)cc2)C1. The van der Waals surface area contributed by atoms with Crippen LogP contribution >= 0.6 is 0 Å². The van der Waals surface area contributed by atoms with E-state index in [1.807, 2.05) is 0 Å². The minimum atomic E-state index is -4.81. The zero-order valence-corrected chi connectivity index (χ0v) is 19.8. The molecule has 1 aliphatic rings. The van der Waals surface area contributed by atoms with Crippen LogP contribution in [-0.2, 0) is 10.9 Å². The van der Waals surface area contributed by atoms with Crippen molar-refractivity contribution in [2.75, 3.05) is 26.8 Å². The number of aryl methyl sites for hydroxylation is 1. The molecule has 1 aliphatic heterocycles. The standard InChI is InChI=1S/C24H24F4N4O4/c1-13(17-10-18-20(29-14(2)30-21(18)33)31-19(17)24(26,27)28)36-16-6-4-15(5-7-16)22(34)32-9-8-23(25,11-32)12-35-3/h4-7,10,13H,8-9,11-12H2,1-3H3,(H,29,30,31,33). The van der Waals surface area contributed by atoms with Gasteiger partial charge in [0.1, 0.15) is 17.7 Å². The van der Waals surface area contributed by atoms with Gasteiger partial charge in [-0.3, -0.25) is 9.59 Å². The largest absolute Gasteiger partial charge is 0.486 e. The summed E-state index contributed by atoms with van der Waals surface area (Å²) >= 11 is 0. The first-order valence-corrected chi connectivity index (χ1v) is 11.1. The molecule has 0 bridgehead atoms. The number of halogens is 4. The third-order valence-corrected chi connectivity index (χ3v) is 5.96. The number of hydrogen-bond donors (Lipinski definition) is 1. The van der Waals surface area contributed by atoms with E-state index >= 15 is 0 Å². The maximum atomic E-state index is 14.6. The molecule has 0 aliphatic carbocycles. The molecule has 2 atom stereocenters. The number of nitrogens with zero attached hydrogens (tertiary/aromatic N) is 3. The Balaban J connectivity index is 1.56. The molecule has 8 nitrogen and oxygen atoms in total. The Morgan fingerprint density at radius 3 is 2.58 bits per heavy atom. The number of benzene rings is 1. The zero-order valence-electron chi connectivity index (χ0n) is 19.8. The summed E-state index contributed by atoms with van der Waals surface area (Å²) in [7, 11) is 1.40. The van der Waals surface area contributed by atoms with Gasteiger partial charge in [-0.15, -0.1) is 0 Å². The van der Waals surface area contributed by atoms with E-state index in [4.69, 9.17) is 9.47 Å². The van der Waals surface area contributed by atoms with Crippen LogP contribution in [0.4, 0.5) is 17.6 Å². The molecule has 1 saturated heterocycles. The number of nitrogens with one attached hydrogen (secondary N) is 1. The average molecular weight is 508 g/mol. The van der Waals surface area contributed by atoms with E-state index in [1.54, 1.807) is 0 Å². The number of aromatic amines is 1. The Morgan fingerprint density at radius 2 is 1.94 bits per heavy atom. The van der Waals surface area contributed by atoms with Gasteiger partial charge in [0.05, 0.1) is 18.5 Å². The molecule has 0 spiro atoms. The van der Waals surface area contributed by atoms with Crippen LogP contribution in [0.15, 0.2) is 35.1 Å². The van der Waals surface area contributed by atoms with Gasteiger partial charge in [-0.1, -0.05) is 0 Å². The molecular weight excluding hydrogens is 484 g/mol. The van der Waals surface area contributed by atoms with Crippen molar-refractivity contribution in [1.82, 2.24) is 19.9 Å². The van der Waals surface area contributed by atoms with Gasteiger partial charge in [0, 0.05) is 31.2 Å². The van der Waals surface area contributed by atoms with E-state index < -0.39 is 29.2 Å². The topological polar surface area (TPSA) is 97.4 Å². The molecule has 4 rings (SSSR count). The third kappa shape index (κ3) is 5.18. The fourth-order valence-electron chi connectivity index (χ4n) is 4.24. The summed E-state index contributed by atoms with van der Waals surface area (Å²) in [5.74, 6) is -0.0289. The Hall–Kier alpha value is -3.54. The maximum Gasteiger partial charge on any atom is 0.433 e. The Labute approximate surface area is 203 Å². The molecule has 2 unspecified atom stereocenters. The number of carbonyl (C=O) groups is 1. The molecular formula is C24H24F4N4O4. The highest BCUT2D eigenvalue weighted by atomic mass is 19.4. The normalized spacial score (nSPS) is 19.0. The van der Waals surface area contributed by atoms with Crippen LogP contribution in [0, 0.1) is 6.92 Å². The first kappa shape index (κ1) is 25.5. The fraction of sp³-hybridized carbons (Fsp3) is 0.417. The van der Waals surface area contributed by atoms with Crippen molar-refractivity contribution in [1.29, 1.82) is 0 Å². The van der Waals surface area contributed by atoms with Gasteiger partial charge in [-0.25, -0.2) is 14.4 Å². The first-order valence-electron chi connectivity index (χ1n) is 11.1. The quantitative estimate of drug-likeness (QED) is 0.506. The molecule has 36 heavy (non-hydrogen) atoms. The lowest BCUT2D eigenvalue weighted by Crippen LogP contribution is -2.36. The van der Waals surface area contributed by atoms with E-state index in [0.717, 1.165) is 6.07 Å². The van der Waals surface area contributed by atoms with Crippen LogP contribution in [0.5, 0.6) is 5.75 Å². The first-order chi connectivity index (χ1) is 16.9. The Bertz CT molecular complexity index is 1340. The van der Waals surface area contributed by atoms with E-state index in [9.17, 15) is 27.2 Å². The second-order valence-electron chi connectivity index (χ2n) is 8.79. The number of H-pyrrole nitrogens is 1. The van der Waals surface area contributed by atoms with Crippen molar-refractivity contribution in [3.8, 4) is 5.75 Å². The highest BCUT2D eigenvalue weighted by Crippen LogP contribution is 2.36. The average Bonchev–Trinajstić information content (AvgIpc) is 3.19. The lowest BCUT2D eigenvalue weighted by Gasteiger charge is -2.21. The lowest BCUT2D eigenvalue weighted by atomic mass is 10.1. The smallest absolute Gasteiger partial charge is 0.433 e. The van der Waals surface area contributed by atoms with Crippen molar-refractivity contribution in [3.05, 3.63) is 63.3 Å². The molecule has 1 N–H and O–H groups in total. The number of alkyl halides is 4. The minimum Gasteiger partial charge on any atom is -0.486 e. The number of hydrogen-bond acceptors (Lipinski definition) is 6. The van der Waals surface area contributed by atoms with Crippen LogP contribution in [0.1, 0.15) is 46.9 Å². The van der Waals surface area contributed by atoms with E-state index in [2.05, 4.69) is 15.0 Å². The van der Waals surface area contributed by atoms with E-state index in [-0.39, 0.29) is 65.8 Å². The maximum absolute atomic E-state index is 14.6. The Kier molecular flexibility index (Phi) is 6.74. The number of aromatic nitrogens is 3. The van der Waals surface area contributed by atoms with Crippen molar-refractivity contribution in [2.45, 2.75) is 38.2 Å². The van der Waals surface area contributed by atoms with Crippen molar-refractivity contribution < 1.29 is 31.8 Å². The summed E-state index contributed by atoms with van der Waals surface area (Å²) in [6, 6.07) is 6.88. The molecule has 3 heterocycles. The summed E-state index contributed by atoms with van der Waals surface area (Å²) in [4.78, 5) is 36.3. The predicted molar refractivity (Wildman–Crippen MR) is 122 cm³/mol. The molecule has 0 saturated carbocycles. The number of ether oxygens (including phenoxy) is 2. The number of amides is 1. The summed E-state index contributed by atoms with van der Waals surface area (Å²) in [5.41, 5.74) is -3.77. The molecule has 2 aromatic heterocycles. The highest BCUT2D eigenvalue weighted by Gasteiger charge is 2.41. The van der Waals surface area contributed by atoms with Gasteiger partial charge in [-0.2, -0.15) is 13.2 Å². The highest BCUT2D eigenvalue weighted by molar-refractivity contribution is 5.94. The molecule has 192 valence electrons. The van der Waals surface area contributed by atoms with Crippen LogP contribution < -0.4 is 10.3 Å². The van der Waals surface area contributed by atoms with Crippen molar-refractivity contribution in [3.63, 3.8) is 0 Å². The monoisotopic (exact) mass is 508 g/mol. The number of likely N-dealkylation sites (tertiary alicyclic amines) is 1. The van der Waals surface area contributed by atoms with Crippen molar-refractivity contribution in [2.24, 2.45) is 0 Å². The second kappa shape index (κ2) is 9.49. The van der Waals surface area contributed by atoms with Crippen molar-refractivity contribution >= 4 is 16.9 Å². The van der Waals surface area contributed by atoms with Gasteiger partial charge in [0.15, 0.2) is 17.0 Å². The van der Waals surface area contributed by atoms with Crippen LogP contribution in [0.3, 0.4) is 0 Å². The molecule has 1 aromatic carbocycles. The van der Waals surface area contributed by atoms with E-state index in [1.165, 1.54) is 50.1 Å². The van der Waals surface area contributed by atoms with Gasteiger partial charge >= 0.3 is 6.18 Å². The Morgan fingerprint density at radius 1 is 1.25 bits per heavy atom. The molecule has 1 amide bonds. The fourth-order valence-corrected chi connectivity index (χ4v) is 4.24. The van der Waals surface area contributed by atoms with Gasteiger partial charge in [0.2, 0.25) is 0 Å². The number of carbonyl (C=O) groups excluding carboxylic acids is 1. The minimum absolute atomic E-state index is 0.0857. The zero-order chi connectivity index (χ0) is 26.3. The van der Waals surface area contributed by atoms with Gasteiger partial charge < -0.3 is 19.4 Å². The van der Waals surface area contributed by atoms with E-state index in [0.29, 0.717) is 0 Å². The predicted octanol–water partition coefficient (Wildman–Crippen LogP) is 3.99. The number of fused-ring (bicyclic) bond motifs is 1. The van der Waals surface area contributed by atoms with Gasteiger partial charge in [0.25, 0.3) is 11.5 Å². The van der Waals surface area contributed by atoms with Crippen LogP contribution in [0.25, 0.3) is 11.0 Å². The third-order valence-electron chi connectivity index (χ3n) is 5.96. The molecule has 12 heteroatoms. The number of methoxy groups -OCH3 is 1. The molecule has 3 aromatic rings. The second-order valence-corrected chi connectivity index (χ2v) is 8.79. The van der Waals surface area contributed by atoms with Crippen LogP contribution in [0.2, 0.25) is 0 Å². The summed E-state index contributed by atoms with van der Waals surface area (Å²) < 4.78 is 66.5. The summed E-state index contributed by atoms with van der Waals surface area (Å²) in [6.45, 7) is 2.90. The molecule has 1 fully saturated rings. The number of rotatable bonds is 6. The summed E-state index contributed by atoms with van der Waals surface area (Å²) in [5, 5.41) is -0.0944. The number of pyridine rings is 1. The molecule has 0 radical (unpaired) electrons.